The Labute approximate surface area is 153 Å². The fourth-order valence-electron chi connectivity index (χ4n) is 2.77. The number of nitrogens with zero attached hydrogens (tertiary/aromatic N) is 2. The lowest BCUT2D eigenvalue weighted by Crippen LogP contribution is -2.11. The largest absolute Gasteiger partial charge is 0.461 e. The molecular formula is C19H16BrFN2O2. The van der Waals surface area contributed by atoms with E-state index in [0.717, 1.165) is 21.3 Å². The maximum absolute atomic E-state index is 13.4. The average Bonchev–Trinajstić information content (AvgIpc) is 2.88. The molecule has 0 fully saturated rings. The van der Waals surface area contributed by atoms with E-state index >= 15 is 0 Å². The van der Waals surface area contributed by atoms with Gasteiger partial charge in [-0.3, -0.25) is 4.98 Å². The zero-order chi connectivity index (χ0) is 18.0. The first-order valence-electron chi connectivity index (χ1n) is 7.76. The minimum Gasteiger partial charge on any atom is -0.461 e. The Bertz CT molecular complexity index is 905. The lowest BCUT2D eigenvalue weighted by molar-refractivity contribution is 0.0516. The minimum absolute atomic E-state index is 0.273. The molecule has 0 aliphatic heterocycles. The van der Waals surface area contributed by atoms with Gasteiger partial charge in [0.1, 0.15) is 11.5 Å². The van der Waals surface area contributed by atoms with Gasteiger partial charge in [0, 0.05) is 30.6 Å². The van der Waals surface area contributed by atoms with Crippen LogP contribution in [0, 0.1) is 5.82 Å². The van der Waals surface area contributed by atoms with Gasteiger partial charge in [0.05, 0.1) is 11.2 Å². The third kappa shape index (κ3) is 3.22. The van der Waals surface area contributed by atoms with Crippen molar-refractivity contribution in [3.63, 3.8) is 0 Å². The second-order valence-corrected chi connectivity index (χ2v) is 6.16. The molecule has 2 aromatic heterocycles. The van der Waals surface area contributed by atoms with Crippen LogP contribution in [-0.4, -0.2) is 22.1 Å². The van der Waals surface area contributed by atoms with Crippen molar-refractivity contribution in [2.24, 2.45) is 7.05 Å². The van der Waals surface area contributed by atoms with E-state index in [1.807, 2.05) is 12.1 Å². The number of esters is 1. The van der Waals surface area contributed by atoms with Crippen molar-refractivity contribution in [2.45, 2.75) is 6.92 Å². The fourth-order valence-corrected chi connectivity index (χ4v) is 3.38. The Morgan fingerprint density at radius 1 is 1.12 bits per heavy atom. The first-order valence-corrected chi connectivity index (χ1v) is 8.55. The molecule has 3 aromatic rings. The summed E-state index contributed by atoms with van der Waals surface area (Å²) in [5, 5.41) is 0. The van der Waals surface area contributed by atoms with Crippen molar-refractivity contribution in [3.8, 4) is 22.3 Å². The highest BCUT2D eigenvalue weighted by molar-refractivity contribution is 9.10. The number of benzene rings is 1. The lowest BCUT2D eigenvalue weighted by Gasteiger charge is -2.09. The second-order valence-electron chi connectivity index (χ2n) is 5.41. The van der Waals surface area contributed by atoms with E-state index in [1.165, 1.54) is 12.1 Å². The predicted molar refractivity (Wildman–Crippen MR) is 97.7 cm³/mol. The molecule has 6 heteroatoms. The molecule has 0 spiro atoms. The normalized spacial score (nSPS) is 10.7. The molecule has 0 N–H and O–H groups in total. The molecule has 0 aliphatic carbocycles. The molecule has 128 valence electrons. The van der Waals surface area contributed by atoms with Crippen molar-refractivity contribution in [3.05, 3.63) is 64.9 Å². The number of pyridine rings is 1. The van der Waals surface area contributed by atoms with Crippen LogP contribution in [0.25, 0.3) is 22.3 Å². The van der Waals surface area contributed by atoms with Crippen LogP contribution in [0.2, 0.25) is 0 Å². The van der Waals surface area contributed by atoms with Crippen LogP contribution in [0.1, 0.15) is 17.4 Å². The third-order valence-corrected chi connectivity index (χ3v) is 4.82. The number of hydrogen-bond donors (Lipinski definition) is 0. The highest BCUT2D eigenvalue weighted by Gasteiger charge is 2.27. The van der Waals surface area contributed by atoms with Crippen LogP contribution in [-0.2, 0) is 11.8 Å². The molecule has 0 amide bonds. The summed E-state index contributed by atoms with van der Waals surface area (Å²) in [7, 11) is 1.79. The van der Waals surface area contributed by atoms with Gasteiger partial charge in [0.2, 0.25) is 0 Å². The van der Waals surface area contributed by atoms with Gasteiger partial charge in [-0.15, -0.1) is 0 Å². The van der Waals surface area contributed by atoms with Crippen molar-refractivity contribution >= 4 is 21.9 Å². The van der Waals surface area contributed by atoms with Crippen molar-refractivity contribution in [2.75, 3.05) is 6.61 Å². The summed E-state index contributed by atoms with van der Waals surface area (Å²) in [5.74, 6) is -0.757. The van der Waals surface area contributed by atoms with Gasteiger partial charge in [-0.25, -0.2) is 9.18 Å². The number of halogens is 2. The van der Waals surface area contributed by atoms with E-state index in [2.05, 4.69) is 20.9 Å². The number of aromatic nitrogens is 2. The summed E-state index contributed by atoms with van der Waals surface area (Å²) < 4.78 is 21.1. The molecule has 4 nitrogen and oxygen atoms in total. The number of carbonyl (C=O) groups is 1. The molecule has 25 heavy (non-hydrogen) atoms. The zero-order valence-electron chi connectivity index (χ0n) is 13.8. The van der Waals surface area contributed by atoms with Gasteiger partial charge in [-0.2, -0.15) is 0 Å². The van der Waals surface area contributed by atoms with E-state index < -0.39 is 5.97 Å². The molecule has 0 saturated carbocycles. The molecule has 0 atom stereocenters. The summed E-state index contributed by atoms with van der Waals surface area (Å²) in [6.07, 6.45) is 3.38. The number of ether oxygens (including phenoxy) is 1. The number of hydrogen-bond acceptors (Lipinski definition) is 3. The van der Waals surface area contributed by atoms with Crippen LogP contribution < -0.4 is 0 Å². The molecule has 0 saturated heterocycles. The highest BCUT2D eigenvalue weighted by atomic mass is 79.9. The topological polar surface area (TPSA) is 44.1 Å². The van der Waals surface area contributed by atoms with Gasteiger partial charge in [0.15, 0.2) is 0 Å². The van der Waals surface area contributed by atoms with Crippen LogP contribution in [0.5, 0.6) is 0 Å². The van der Waals surface area contributed by atoms with E-state index in [-0.39, 0.29) is 12.4 Å². The van der Waals surface area contributed by atoms with Crippen LogP contribution in [0.3, 0.4) is 0 Å². The Morgan fingerprint density at radius 2 is 1.72 bits per heavy atom. The van der Waals surface area contributed by atoms with Gasteiger partial charge < -0.3 is 9.30 Å². The molecule has 2 heterocycles. The Balaban J connectivity index is 2.33. The van der Waals surface area contributed by atoms with Crippen molar-refractivity contribution in [1.82, 2.24) is 9.55 Å². The Hall–Kier alpha value is -2.47. The van der Waals surface area contributed by atoms with Gasteiger partial charge in [-0.1, -0.05) is 12.1 Å². The second kappa shape index (κ2) is 7.19. The summed E-state index contributed by atoms with van der Waals surface area (Å²) in [5.41, 5.74) is 3.57. The maximum Gasteiger partial charge on any atom is 0.355 e. The quantitative estimate of drug-likeness (QED) is 0.586. The summed E-state index contributed by atoms with van der Waals surface area (Å²) in [4.78, 5) is 16.6. The highest BCUT2D eigenvalue weighted by Crippen LogP contribution is 2.42. The molecule has 0 unspecified atom stereocenters. The van der Waals surface area contributed by atoms with Crippen molar-refractivity contribution < 1.29 is 13.9 Å². The van der Waals surface area contributed by atoms with Gasteiger partial charge in [-0.05, 0) is 58.2 Å². The maximum atomic E-state index is 13.4. The molecule has 0 bridgehead atoms. The molecule has 1 aromatic carbocycles. The van der Waals surface area contributed by atoms with Gasteiger partial charge in [0.25, 0.3) is 0 Å². The first kappa shape index (κ1) is 17.4. The SMILES string of the molecule is CCOC(=O)c1c(-c2ccc(F)cc2)c(-c2ccncc2)c(Br)n1C. The number of rotatable bonds is 4. The average molecular weight is 403 g/mol. The molecule has 0 radical (unpaired) electrons. The van der Waals surface area contributed by atoms with E-state index in [9.17, 15) is 9.18 Å². The predicted octanol–water partition coefficient (Wildman–Crippen LogP) is 4.83. The van der Waals surface area contributed by atoms with Gasteiger partial charge >= 0.3 is 5.97 Å². The van der Waals surface area contributed by atoms with E-state index in [0.29, 0.717) is 11.3 Å². The Morgan fingerprint density at radius 3 is 2.32 bits per heavy atom. The standard InChI is InChI=1S/C19H16BrFN2O2/c1-3-25-19(24)17-15(12-4-6-14(21)7-5-12)16(18(20)23(17)2)13-8-10-22-11-9-13/h4-11H,3H2,1-2H3. The van der Waals surface area contributed by atoms with E-state index in [4.69, 9.17) is 4.74 Å². The number of carbonyl (C=O) groups excluding carboxylic acids is 1. The fraction of sp³-hybridized carbons (Fsp3) is 0.158. The van der Waals surface area contributed by atoms with Crippen molar-refractivity contribution in [1.29, 1.82) is 0 Å². The minimum atomic E-state index is -0.426. The monoisotopic (exact) mass is 402 g/mol. The summed E-state index contributed by atoms with van der Waals surface area (Å²) in [6.45, 7) is 2.03. The molecule has 3 rings (SSSR count). The summed E-state index contributed by atoms with van der Waals surface area (Å²) >= 11 is 3.58. The van der Waals surface area contributed by atoms with E-state index in [1.54, 1.807) is 43.1 Å². The lowest BCUT2D eigenvalue weighted by atomic mass is 9.97. The zero-order valence-corrected chi connectivity index (χ0v) is 15.4. The van der Waals surface area contributed by atoms with Crippen LogP contribution >= 0.6 is 15.9 Å². The Kier molecular flexibility index (Phi) is 4.99. The smallest absolute Gasteiger partial charge is 0.355 e. The first-order chi connectivity index (χ1) is 12.0. The molecular weight excluding hydrogens is 387 g/mol. The third-order valence-electron chi connectivity index (χ3n) is 3.89. The molecule has 0 aliphatic rings. The summed E-state index contributed by atoms with van der Waals surface area (Å²) in [6, 6.07) is 9.79. The van der Waals surface area contributed by atoms with Crippen LogP contribution in [0.15, 0.2) is 53.4 Å². The van der Waals surface area contributed by atoms with Crippen LogP contribution in [0.4, 0.5) is 4.39 Å².